The predicted molar refractivity (Wildman–Crippen MR) is 78.7 cm³/mol. The smallest absolute Gasteiger partial charge is 0.326 e. The summed E-state index contributed by atoms with van der Waals surface area (Å²) in [4.78, 5) is 20.7. The maximum atomic E-state index is 12.2. The Bertz CT molecular complexity index is 462. The molecule has 0 spiro atoms. The first-order valence-electron chi connectivity index (χ1n) is 6.90. The van der Waals surface area contributed by atoms with E-state index in [1.165, 1.54) is 11.8 Å². The largest absolute Gasteiger partial charge is 0.465 e. The van der Waals surface area contributed by atoms with Gasteiger partial charge >= 0.3 is 5.97 Å². The van der Waals surface area contributed by atoms with Crippen molar-refractivity contribution in [3.8, 4) is 0 Å². The van der Waals surface area contributed by atoms with E-state index >= 15 is 0 Å². The standard InChI is InChI=1S/C14H21N3O2S/c1-4-19-12(18)14(3,17-11-5-6-11)9-20-13-15-7-10(2)8-16-13/h7-8,11,17H,4-6,9H2,1-3H3. The van der Waals surface area contributed by atoms with Crippen molar-refractivity contribution < 1.29 is 9.53 Å². The molecule has 0 radical (unpaired) electrons. The Labute approximate surface area is 123 Å². The highest BCUT2D eigenvalue weighted by atomic mass is 32.2. The van der Waals surface area contributed by atoms with E-state index in [4.69, 9.17) is 4.74 Å². The summed E-state index contributed by atoms with van der Waals surface area (Å²) < 4.78 is 5.19. The second kappa shape index (κ2) is 6.54. The van der Waals surface area contributed by atoms with Crippen molar-refractivity contribution in [2.24, 2.45) is 0 Å². The van der Waals surface area contributed by atoms with Crippen molar-refractivity contribution in [3.05, 3.63) is 18.0 Å². The number of aryl methyl sites for hydroxylation is 1. The van der Waals surface area contributed by atoms with Crippen LogP contribution in [-0.2, 0) is 9.53 Å². The maximum Gasteiger partial charge on any atom is 0.326 e. The number of nitrogens with zero attached hydrogens (tertiary/aromatic N) is 2. The van der Waals surface area contributed by atoms with E-state index in [0.717, 1.165) is 18.4 Å². The molecule has 6 heteroatoms. The summed E-state index contributed by atoms with van der Waals surface area (Å²) in [6, 6.07) is 0.434. The van der Waals surface area contributed by atoms with Crippen molar-refractivity contribution in [2.75, 3.05) is 12.4 Å². The van der Waals surface area contributed by atoms with Gasteiger partial charge in [0, 0.05) is 24.2 Å². The topological polar surface area (TPSA) is 64.1 Å². The molecule has 5 nitrogen and oxygen atoms in total. The second-order valence-corrected chi connectivity index (χ2v) is 6.25. The van der Waals surface area contributed by atoms with Crippen LogP contribution in [0, 0.1) is 6.92 Å². The SMILES string of the molecule is CCOC(=O)C(C)(CSc1ncc(C)cn1)NC1CC1. The highest BCUT2D eigenvalue weighted by molar-refractivity contribution is 7.99. The first-order chi connectivity index (χ1) is 9.53. The number of ether oxygens (including phenoxy) is 1. The van der Waals surface area contributed by atoms with Gasteiger partial charge in [-0.2, -0.15) is 0 Å². The molecule has 1 aliphatic rings. The van der Waals surface area contributed by atoms with Crippen LogP contribution in [0.1, 0.15) is 32.3 Å². The lowest BCUT2D eigenvalue weighted by Crippen LogP contribution is -2.53. The van der Waals surface area contributed by atoms with Crippen LogP contribution in [0.15, 0.2) is 17.6 Å². The zero-order chi connectivity index (χ0) is 14.6. The molecule has 2 rings (SSSR count). The lowest BCUT2D eigenvalue weighted by atomic mass is 10.1. The van der Waals surface area contributed by atoms with E-state index in [1.54, 1.807) is 12.4 Å². The van der Waals surface area contributed by atoms with Crippen LogP contribution in [0.4, 0.5) is 0 Å². The minimum Gasteiger partial charge on any atom is -0.465 e. The number of rotatable bonds is 7. The summed E-state index contributed by atoms with van der Waals surface area (Å²) in [5.41, 5.74) is 0.342. The molecule has 1 fully saturated rings. The fourth-order valence-electron chi connectivity index (χ4n) is 1.79. The monoisotopic (exact) mass is 295 g/mol. The Morgan fingerprint density at radius 3 is 2.70 bits per heavy atom. The molecule has 1 N–H and O–H groups in total. The molecule has 0 aromatic carbocycles. The van der Waals surface area contributed by atoms with Crippen molar-refractivity contribution >= 4 is 17.7 Å². The Hall–Kier alpha value is -1.14. The van der Waals surface area contributed by atoms with Gasteiger partial charge in [-0.25, -0.2) is 9.97 Å². The summed E-state index contributed by atoms with van der Waals surface area (Å²) >= 11 is 1.47. The summed E-state index contributed by atoms with van der Waals surface area (Å²) in [6.45, 7) is 6.06. The number of esters is 1. The lowest BCUT2D eigenvalue weighted by molar-refractivity contribution is -0.149. The fourth-order valence-corrected chi connectivity index (χ4v) is 2.67. The fraction of sp³-hybridized carbons (Fsp3) is 0.643. The van der Waals surface area contributed by atoms with Crippen molar-refractivity contribution in [3.63, 3.8) is 0 Å². The molecule has 1 aromatic rings. The average Bonchev–Trinajstić information content (AvgIpc) is 3.22. The molecule has 1 aromatic heterocycles. The molecule has 1 unspecified atom stereocenters. The molecule has 1 heterocycles. The molecule has 1 saturated carbocycles. The van der Waals surface area contributed by atoms with Gasteiger partial charge in [0.1, 0.15) is 5.54 Å². The zero-order valence-electron chi connectivity index (χ0n) is 12.2. The Balaban J connectivity index is 1.99. The van der Waals surface area contributed by atoms with Gasteiger partial charge in [-0.3, -0.25) is 10.1 Å². The van der Waals surface area contributed by atoms with Crippen molar-refractivity contribution in [1.82, 2.24) is 15.3 Å². The maximum absolute atomic E-state index is 12.2. The first-order valence-corrected chi connectivity index (χ1v) is 7.88. The Kier molecular flexibility index (Phi) is 4.99. The molecular formula is C14H21N3O2S. The third kappa shape index (κ3) is 4.18. The van der Waals surface area contributed by atoms with E-state index in [-0.39, 0.29) is 5.97 Å². The van der Waals surface area contributed by atoms with Crippen LogP contribution in [0.25, 0.3) is 0 Å². The minimum absolute atomic E-state index is 0.202. The molecule has 0 aliphatic heterocycles. The summed E-state index contributed by atoms with van der Waals surface area (Å²) in [7, 11) is 0. The Morgan fingerprint density at radius 1 is 1.50 bits per heavy atom. The highest BCUT2D eigenvalue weighted by Crippen LogP contribution is 2.27. The number of thioether (sulfide) groups is 1. The van der Waals surface area contributed by atoms with E-state index in [2.05, 4.69) is 15.3 Å². The third-order valence-electron chi connectivity index (χ3n) is 3.07. The molecule has 1 atom stereocenters. The van der Waals surface area contributed by atoms with Crippen LogP contribution >= 0.6 is 11.8 Å². The Morgan fingerprint density at radius 2 is 2.15 bits per heavy atom. The van der Waals surface area contributed by atoms with E-state index < -0.39 is 5.54 Å². The summed E-state index contributed by atoms with van der Waals surface area (Å²) in [6.07, 6.45) is 5.82. The normalized spacial score (nSPS) is 17.6. The van der Waals surface area contributed by atoms with Crippen LogP contribution in [-0.4, -0.2) is 39.9 Å². The average molecular weight is 295 g/mol. The molecule has 0 bridgehead atoms. The van der Waals surface area contributed by atoms with E-state index in [9.17, 15) is 4.79 Å². The van der Waals surface area contributed by atoms with Gasteiger partial charge in [0.15, 0.2) is 5.16 Å². The van der Waals surface area contributed by atoms with Gasteiger partial charge in [0.2, 0.25) is 0 Å². The van der Waals surface area contributed by atoms with Crippen LogP contribution in [0.5, 0.6) is 0 Å². The van der Waals surface area contributed by atoms with Gasteiger partial charge < -0.3 is 4.74 Å². The van der Waals surface area contributed by atoms with Gasteiger partial charge in [0.25, 0.3) is 0 Å². The highest BCUT2D eigenvalue weighted by Gasteiger charge is 2.39. The van der Waals surface area contributed by atoms with Gasteiger partial charge in [-0.05, 0) is 39.2 Å². The van der Waals surface area contributed by atoms with E-state index in [1.807, 2.05) is 20.8 Å². The molecule has 0 amide bonds. The van der Waals surface area contributed by atoms with Crippen LogP contribution in [0.2, 0.25) is 0 Å². The number of carbonyl (C=O) groups excluding carboxylic acids is 1. The lowest BCUT2D eigenvalue weighted by Gasteiger charge is -2.28. The number of aromatic nitrogens is 2. The number of nitrogens with one attached hydrogen (secondary N) is 1. The summed E-state index contributed by atoms with van der Waals surface area (Å²) in [5.74, 6) is 0.359. The summed E-state index contributed by atoms with van der Waals surface area (Å²) in [5, 5.41) is 4.07. The second-order valence-electron chi connectivity index (χ2n) is 5.30. The van der Waals surface area contributed by atoms with Gasteiger partial charge in [-0.1, -0.05) is 11.8 Å². The molecular weight excluding hydrogens is 274 g/mol. The first kappa shape index (κ1) is 15.3. The zero-order valence-corrected chi connectivity index (χ0v) is 13.0. The number of hydrogen-bond donors (Lipinski definition) is 1. The van der Waals surface area contributed by atoms with Crippen molar-refractivity contribution in [2.45, 2.75) is 50.4 Å². The third-order valence-corrected chi connectivity index (χ3v) is 4.26. The molecule has 1 aliphatic carbocycles. The van der Waals surface area contributed by atoms with Crippen LogP contribution < -0.4 is 5.32 Å². The predicted octanol–water partition coefficient (Wildman–Crippen LogP) is 1.95. The number of hydrogen-bond acceptors (Lipinski definition) is 6. The quantitative estimate of drug-likeness (QED) is 0.471. The van der Waals surface area contributed by atoms with Gasteiger partial charge in [0.05, 0.1) is 6.61 Å². The molecule has 110 valence electrons. The minimum atomic E-state index is -0.684. The van der Waals surface area contributed by atoms with Crippen molar-refractivity contribution in [1.29, 1.82) is 0 Å². The van der Waals surface area contributed by atoms with Crippen LogP contribution in [0.3, 0.4) is 0 Å². The molecule has 20 heavy (non-hydrogen) atoms. The van der Waals surface area contributed by atoms with Gasteiger partial charge in [-0.15, -0.1) is 0 Å². The number of carbonyl (C=O) groups is 1. The molecule has 0 saturated heterocycles. The van der Waals surface area contributed by atoms with E-state index in [0.29, 0.717) is 23.6 Å².